The van der Waals surface area contributed by atoms with E-state index < -0.39 is 17.9 Å². The van der Waals surface area contributed by atoms with E-state index in [1.54, 1.807) is 13.8 Å². The number of esters is 1. The molecule has 18 heavy (non-hydrogen) atoms. The SMILES string of the molecule is COC(=O)[C@H]1[C@H](C(=O)[C@H](O)C(C)C)[C@@H]2C=C[C@H]1C2. The number of fused-ring (bicyclic) bond motifs is 2. The predicted molar refractivity (Wildman–Crippen MR) is 65.6 cm³/mol. The van der Waals surface area contributed by atoms with Crippen molar-refractivity contribution in [3.8, 4) is 0 Å². The van der Waals surface area contributed by atoms with E-state index >= 15 is 0 Å². The molecule has 1 fully saturated rings. The third-order valence-electron chi connectivity index (χ3n) is 4.18. The zero-order valence-corrected chi connectivity index (χ0v) is 11.0. The first-order valence-corrected chi connectivity index (χ1v) is 6.45. The molecule has 100 valence electrons. The lowest BCUT2D eigenvalue weighted by atomic mass is 9.77. The number of aliphatic hydroxyl groups excluding tert-OH is 1. The molecule has 0 heterocycles. The highest BCUT2D eigenvalue weighted by Crippen LogP contribution is 2.49. The number of methoxy groups -OCH3 is 1. The standard InChI is InChI=1S/C14H20O4/c1-7(2)12(15)13(16)10-8-4-5-9(6-8)11(10)14(17)18-3/h4-5,7-12,15H,6H2,1-3H3/t8-,9+,10-,11-,12-/m1/s1. The third kappa shape index (κ3) is 1.99. The lowest BCUT2D eigenvalue weighted by Gasteiger charge is -2.27. The molecule has 0 saturated heterocycles. The van der Waals surface area contributed by atoms with Gasteiger partial charge in [-0.15, -0.1) is 0 Å². The van der Waals surface area contributed by atoms with Crippen molar-refractivity contribution < 1.29 is 19.4 Å². The Balaban J connectivity index is 2.22. The number of allylic oxidation sites excluding steroid dienone is 2. The molecule has 0 radical (unpaired) electrons. The van der Waals surface area contributed by atoms with Crippen molar-refractivity contribution in [1.29, 1.82) is 0 Å². The van der Waals surface area contributed by atoms with E-state index in [2.05, 4.69) is 0 Å². The minimum Gasteiger partial charge on any atom is -0.469 e. The largest absolute Gasteiger partial charge is 0.469 e. The van der Waals surface area contributed by atoms with Crippen LogP contribution in [0.5, 0.6) is 0 Å². The summed E-state index contributed by atoms with van der Waals surface area (Å²) in [6.45, 7) is 3.61. The number of rotatable bonds is 4. The Labute approximate surface area is 107 Å². The number of ether oxygens (including phenoxy) is 1. The van der Waals surface area contributed by atoms with E-state index in [-0.39, 0.29) is 29.5 Å². The molecule has 0 unspecified atom stereocenters. The van der Waals surface area contributed by atoms with Gasteiger partial charge in [-0.1, -0.05) is 26.0 Å². The lowest BCUT2D eigenvalue weighted by molar-refractivity contribution is -0.152. The lowest BCUT2D eigenvalue weighted by Crippen LogP contribution is -2.40. The molecule has 2 aliphatic rings. The number of carbonyl (C=O) groups is 2. The maximum Gasteiger partial charge on any atom is 0.310 e. The van der Waals surface area contributed by atoms with E-state index in [9.17, 15) is 14.7 Å². The fourth-order valence-corrected chi connectivity index (χ4v) is 3.19. The summed E-state index contributed by atoms with van der Waals surface area (Å²) >= 11 is 0. The van der Waals surface area contributed by atoms with E-state index in [4.69, 9.17) is 4.74 Å². The van der Waals surface area contributed by atoms with Crippen molar-refractivity contribution in [2.75, 3.05) is 7.11 Å². The molecule has 0 aromatic rings. The first-order chi connectivity index (χ1) is 8.47. The quantitative estimate of drug-likeness (QED) is 0.603. The summed E-state index contributed by atoms with van der Waals surface area (Å²) in [4.78, 5) is 24.1. The van der Waals surface area contributed by atoms with E-state index in [0.717, 1.165) is 6.42 Å². The van der Waals surface area contributed by atoms with E-state index in [1.807, 2.05) is 12.2 Å². The van der Waals surface area contributed by atoms with Crippen molar-refractivity contribution in [2.45, 2.75) is 26.4 Å². The highest BCUT2D eigenvalue weighted by Gasteiger charge is 2.53. The third-order valence-corrected chi connectivity index (χ3v) is 4.18. The zero-order chi connectivity index (χ0) is 13.4. The van der Waals surface area contributed by atoms with Gasteiger partial charge in [0.15, 0.2) is 5.78 Å². The second-order valence-corrected chi connectivity index (χ2v) is 5.61. The molecule has 1 N–H and O–H groups in total. The minimum absolute atomic E-state index is 0.0833. The maximum absolute atomic E-state index is 12.3. The summed E-state index contributed by atoms with van der Waals surface area (Å²) < 4.78 is 4.80. The Hall–Kier alpha value is -1.16. The van der Waals surface area contributed by atoms with Crippen LogP contribution in [0.1, 0.15) is 20.3 Å². The molecule has 2 rings (SSSR count). The molecule has 2 aliphatic carbocycles. The molecule has 0 aromatic carbocycles. The zero-order valence-electron chi connectivity index (χ0n) is 11.0. The number of Topliss-reactive ketones (excluding diaryl/α,β-unsaturated/α-hetero) is 1. The Bertz CT molecular complexity index is 385. The van der Waals surface area contributed by atoms with Crippen molar-refractivity contribution in [1.82, 2.24) is 0 Å². The first kappa shape index (κ1) is 13.3. The molecular formula is C14H20O4. The summed E-state index contributed by atoms with van der Waals surface area (Å²) in [5, 5.41) is 9.93. The van der Waals surface area contributed by atoms with E-state index in [1.165, 1.54) is 7.11 Å². The van der Waals surface area contributed by atoms with Crippen molar-refractivity contribution >= 4 is 11.8 Å². The molecule has 0 amide bonds. The van der Waals surface area contributed by atoms with Crippen LogP contribution in [0.25, 0.3) is 0 Å². The summed E-state index contributed by atoms with van der Waals surface area (Å²) in [5.41, 5.74) is 0. The van der Waals surface area contributed by atoms with Crippen LogP contribution in [0.4, 0.5) is 0 Å². The van der Waals surface area contributed by atoms with E-state index in [0.29, 0.717) is 0 Å². The van der Waals surface area contributed by atoms with Gasteiger partial charge in [-0.3, -0.25) is 9.59 Å². The van der Waals surface area contributed by atoms with Crippen LogP contribution in [-0.2, 0) is 14.3 Å². The minimum atomic E-state index is -0.991. The van der Waals surface area contributed by atoms with Crippen LogP contribution >= 0.6 is 0 Å². The highest BCUT2D eigenvalue weighted by molar-refractivity contribution is 5.91. The van der Waals surface area contributed by atoms with Gasteiger partial charge in [-0.2, -0.15) is 0 Å². The van der Waals surface area contributed by atoms with Crippen molar-refractivity contribution in [2.24, 2.45) is 29.6 Å². The van der Waals surface area contributed by atoms with Crippen molar-refractivity contribution in [3.63, 3.8) is 0 Å². The average Bonchev–Trinajstić information content (AvgIpc) is 2.95. The van der Waals surface area contributed by atoms with Crippen LogP contribution < -0.4 is 0 Å². The maximum atomic E-state index is 12.3. The predicted octanol–water partition coefficient (Wildman–Crippen LogP) is 1.18. The molecule has 0 aromatic heterocycles. The number of hydrogen-bond acceptors (Lipinski definition) is 4. The first-order valence-electron chi connectivity index (χ1n) is 6.45. The topological polar surface area (TPSA) is 63.6 Å². The van der Waals surface area contributed by atoms with Gasteiger partial charge >= 0.3 is 5.97 Å². The summed E-state index contributed by atoms with van der Waals surface area (Å²) in [5.74, 6) is -1.32. The average molecular weight is 252 g/mol. The van der Waals surface area contributed by atoms with Gasteiger partial charge in [-0.25, -0.2) is 0 Å². The highest BCUT2D eigenvalue weighted by atomic mass is 16.5. The van der Waals surface area contributed by atoms with Gasteiger partial charge in [0.05, 0.1) is 13.0 Å². The Kier molecular flexibility index (Phi) is 3.57. The molecule has 0 aliphatic heterocycles. The molecular weight excluding hydrogens is 232 g/mol. The van der Waals surface area contributed by atoms with Crippen LogP contribution in [0.15, 0.2) is 12.2 Å². The summed E-state index contributed by atoms with van der Waals surface area (Å²) in [7, 11) is 1.35. The van der Waals surface area contributed by atoms with Crippen LogP contribution in [0.3, 0.4) is 0 Å². The van der Waals surface area contributed by atoms with Gasteiger partial charge in [0.1, 0.15) is 6.10 Å². The molecule has 0 spiro atoms. The van der Waals surface area contributed by atoms with Gasteiger partial charge in [0.25, 0.3) is 0 Å². The number of ketones is 1. The Morgan fingerprint density at radius 1 is 1.22 bits per heavy atom. The van der Waals surface area contributed by atoms with Crippen LogP contribution in [0, 0.1) is 29.6 Å². The number of aliphatic hydroxyl groups is 1. The Morgan fingerprint density at radius 2 is 1.78 bits per heavy atom. The van der Waals surface area contributed by atoms with Crippen LogP contribution in [-0.4, -0.2) is 30.1 Å². The molecule has 5 atom stereocenters. The van der Waals surface area contributed by atoms with Crippen molar-refractivity contribution in [3.05, 3.63) is 12.2 Å². The fraction of sp³-hybridized carbons (Fsp3) is 0.714. The molecule has 1 saturated carbocycles. The summed E-state index contributed by atoms with van der Waals surface area (Å²) in [6.07, 6.45) is 3.83. The Morgan fingerprint density at radius 3 is 2.28 bits per heavy atom. The summed E-state index contributed by atoms with van der Waals surface area (Å²) in [6, 6.07) is 0. The number of hydrogen-bond donors (Lipinski definition) is 1. The molecule has 4 heteroatoms. The normalized spacial score (nSPS) is 34.9. The molecule has 2 bridgehead atoms. The number of carbonyl (C=O) groups excluding carboxylic acids is 2. The second-order valence-electron chi connectivity index (χ2n) is 5.61. The van der Waals surface area contributed by atoms with Gasteiger partial charge in [0, 0.05) is 5.92 Å². The van der Waals surface area contributed by atoms with Gasteiger partial charge in [0.2, 0.25) is 0 Å². The molecule has 4 nitrogen and oxygen atoms in total. The second kappa shape index (κ2) is 4.84. The van der Waals surface area contributed by atoms with Gasteiger partial charge < -0.3 is 9.84 Å². The van der Waals surface area contributed by atoms with Gasteiger partial charge in [-0.05, 0) is 24.2 Å². The van der Waals surface area contributed by atoms with Crippen LogP contribution in [0.2, 0.25) is 0 Å². The fourth-order valence-electron chi connectivity index (χ4n) is 3.19. The monoisotopic (exact) mass is 252 g/mol. The smallest absolute Gasteiger partial charge is 0.310 e.